The maximum atomic E-state index is 3.25. The highest BCUT2D eigenvalue weighted by Gasteiger charge is 2.16. The topological polar surface area (TPSA) is 12.0 Å². The summed E-state index contributed by atoms with van der Waals surface area (Å²) in [4.78, 5) is 0. The van der Waals surface area contributed by atoms with Crippen LogP contribution in [0.1, 0.15) is 46.5 Å². The van der Waals surface area contributed by atoms with Crippen LogP contribution in [0, 0.1) is 11.8 Å². The molecule has 0 unspecified atom stereocenters. The van der Waals surface area contributed by atoms with Crippen LogP contribution in [0.4, 0.5) is 0 Å². The highest BCUT2D eigenvalue weighted by atomic mass is 14.8. The lowest BCUT2D eigenvalue weighted by atomic mass is 9.83. The molecule has 0 aromatic carbocycles. The molecule has 1 fully saturated rings. The molecule has 1 saturated carbocycles. The maximum absolute atomic E-state index is 3.25. The predicted octanol–water partition coefficient (Wildman–Crippen LogP) is 3.06. The van der Waals surface area contributed by atoms with Crippen LogP contribution in [0.3, 0.4) is 0 Å². The summed E-state index contributed by atoms with van der Waals surface area (Å²) in [5.74, 6) is 1.97. The molecule has 1 nitrogen and oxygen atoms in total. The van der Waals surface area contributed by atoms with Crippen molar-refractivity contribution in [3.63, 3.8) is 0 Å². The molecular formula is C11H25N. The van der Waals surface area contributed by atoms with Crippen molar-refractivity contribution < 1.29 is 0 Å². The first-order chi connectivity index (χ1) is 5.83. The Morgan fingerprint density at radius 3 is 2.00 bits per heavy atom. The monoisotopic (exact) mass is 171 g/mol. The molecule has 1 N–H and O–H groups in total. The van der Waals surface area contributed by atoms with Crippen LogP contribution in [0.15, 0.2) is 0 Å². The van der Waals surface area contributed by atoms with E-state index in [0.29, 0.717) is 0 Å². The molecule has 0 spiro atoms. The number of hydrogen-bond acceptors (Lipinski definition) is 1. The van der Waals surface area contributed by atoms with E-state index in [0.717, 1.165) is 11.8 Å². The summed E-state index contributed by atoms with van der Waals surface area (Å²) >= 11 is 0. The van der Waals surface area contributed by atoms with E-state index in [1.807, 2.05) is 13.8 Å². The smallest absolute Gasteiger partial charge is 0.00235 e. The maximum Gasteiger partial charge on any atom is -0.00235 e. The average molecular weight is 171 g/mol. The summed E-state index contributed by atoms with van der Waals surface area (Å²) < 4.78 is 0. The summed E-state index contributed by atoms with van der Waals surface area (Å²) in [5, 5.41) is 3.25. The standard InChI is InChI=1S/C9H19N.C2H6/c1-8-3-5-9(6-4-8)7-10-2;1-2/h8-10H,3-7H2,1-2H3;1-2H3. The van der Waals surface area contributed by atoms with Crippen molar-refractivity contribution in [1.29, 1.82) is 0 Å². The Hall–Kier alpha value is -0.0400. The average Bonchev–Trinajstić information content (AvgIpc) is 2.13. The molecule has 1 aliphatic carbocycles. The van der Waals surface area contributed by atoms with Crippen LogP contribution in [-0.4, -0.2) is 13.6 Å². The van der Waals surface area contributed by atoms with E-state index in [-0.39, 0.29) is 0 Å². The zero-order valence-corrected chi connectivity index (χ0v) is 9.19. The Labute approximate surface area is 77.9 Å². The van der Waals surface area contributed by atoms with E-state index < -0.39 is 0 Å². The van der Waals surface area contributed by atoms with Crippen LogP contribution < -0.4 is 5.32 Å². The molecule has 0 bridgehead atoms. The molecule has 0 aromatic rings. The minimum Gasteiger partial charge on any atom is -0.319 e. The lowest BCUT2D eigenvalue weighted by molar-refractivity contribution is 0.286. The zero-order chi connectivity index (χ0) is 9.40. The van der Waals surface area contributed by atoms with Gasteiger partial charge in [0.1, 0.15) is 0 Å². The highest BCUT2D eigenvalue weighted by molar-refractivity contribution is 4.70. The molecule has 1 aliphatic rings. The molecule has 0 aliphatic heterocycles. The Bertz CT molecular complexity index is 83.0. The van der Waals surface area contributed by atoms with Gasteiger partial charge in [-0.25, -0.2) is 0 Å². The van der Waals surface area contributed by atoms with Gasteiger partial charge in [0.25, 0.3) is 0 Å². The second kappa shape index (κ2) is 7.60. The van der Waals surface area contributed by atoms with Gasteiger partial charge in [-0.1, -0.05) is 33.6 Å². The fourth-order valence-corrected chi connectivity index (χ4v) is 1.82. The molecule has 1 heteroatoms. The third-order valence-corrected chi connectivity index (χ3v) is 2.63. The lowest BCUT2D eigenvalue weighted by Gasteiger charge is -2.25. The van der Waals surface area contributed by atoms with Crippen molar-refractivity contribution >= 4 is 0 Å². The second-order valence-corrected chi connectivity index (χ2v) is 3.68. The van der Waals surface area contributed by atoms with Crippen LogP contribution in [0.25, 0.3) is 0 Å². The fraction of sp³-hybridized carbons (Fsp3) is 1.00. The lowest BCUT2D eigenvalue weighted by Crippen LogP contribution is -2.22. The van der Waals surface area contributed by atoms with Crippen molar-refractivity contribution in [3.05, 3.63) is 0 Å². The van der Waals surface area contributed by atoms with Gasteiger partial charge in [-0.2, -0.15) is 0 Å². The Morgan fingerprint density at radius 2 is 1.58 bits per heavy atom. The van der Waals surface area contributed by atoms with Crippen molar-refractivity contribution in [3.8, 4) is 0 Å². The van der Waals surface area contributed by atoms with Gasteiger partial charge in [0, 0.05) is 0 Å². The summed E-state index contributed by atoms with van der Waals surface area (Å²) in [6.07, 6.45) is 5.79. The molecule has 0 radical (unpaired) electrons. The minimum atomic E-state index is 0.973. The molecule has 0 saturated heterocycles. The van der Waals surface area contributed by atoms with E-state index in [1.165, 1.54) is 32.2 Å². The van der Waals surface area contributed by atoms with Gasteiger partial charge >= 0.3 is 0 Å². The Morgan fingerprint density at radius 1 is 1.08 bits per heavy atom. The SMILES string of the molecule is CC.CNCC1CCC(C)CC1. The second-order valence-electron chi connectivity index (χ2n) is 3.68. The van der Waals surface area contributed by atoms with Gasteiger partial charge in [0.2, 0.25) is 0 Å². The third-order valence-electron chi connectivity index (χ3n) is 2.63. The van der Waals surface area contributed by atoms with Crippen molar-refractivity contribution in [2.45, 2.75) is 46.5 Å². The molecule has 0 atom stereocenters. The van der Waals surface area contributed by atoms with Crippen molar-refractivity contribution in [1.82, 2.24) is 5.32 Å². The van der Waals surface area contributed by atoms with Crippen molar-refractivity contribution in [2.75, 3.05) is 13.6 Å². The van der Waals surface area contributed by atoms with Gasteiger partial charge in [0.05, 0.1) is 0 Å². The third kappa shape index (κ3) is 4.76. The molecular weight excluding hydrogens is 146 g/mol. The molecule has 0 heterocycles. The van der Waals surface area contributed by atoms with Gasteiger partial charge in [-0.05, 0) is 38.3 Å². The first-order valence-corrected chi connectivity index (χ1v) is 5.47. The largest absolute Gasteiger partial charge is 0.319 e. The van der Waals surface area contributed by atoms with E-state index >= 15 is 0 Å². The van der Waals surface area contributed by atoms with Gasteiger partial charge in [0.15, 0.2) is 0 Å². The molecule has 1 rings (SSSR count). The van der Waals surface area contributed by atoms with E-state index in [4.69, 9.17) is 0 Å². The quantitative estimate of drug-likeness (QED) is 0.673. The number of nitrogens with one attached hydrogen (secondary N) is 1. The predicted molar refractivity (Wildman–Crippen MR) is 56.4 cm³/mol. The normalized spacial score (nSPS) is 29.0. The minimum absolute atomic E-state index is 0.973. The summed E-state index contributed by atoms with van der Waals surface area (Å²) in [7, 11) is 2.05. The molecule has 0 aromatic heterocycles. The first kappa shape index (κ1) is 12.0. The van der Waals surface area contributed by atoms with Crippen LogP contribution >= 0.6 is 0 Å². The Balaban J connectivity index is 0.000000561. The van der Waals surface area contributed by atoms with Crippen LogP contribution in [-0.2, 0) is 0 Å². The van der Waals surface area contributed by atoms with Gasteiger partial charge in [-0.15, -0.1) is 0 Å². The summed E-state index contributed by atoms with van der Waals surface area (Å²) in [6, 6.07) is 0. The van der Waals surface area contributed by atoms with Crippen molar-refractivity contribution in [2.24, 2.45) is 11.8 Å². The number of hydrogen-bond donors (Lipinski definition) is 1. The highest BCUT2D eigenvalue weighted by Crippen LogP contribution is 2.27. The molecule has 74 valence electrons. The van der Waals surface area contributed by atoms with Crippen LogP contribution in [0.2, 0.25) is 0 Å². The molecule has 12 heavy (non-hydrogen) atoms. The molecule has 0 amide bonds. The van der Waals surface area contributed by atoms with Gasteiger partial charge < -0.3 is 5.32 Å². The zero-order valence-electron chi connectivity index (χ0n) is 9.19. The Kier molecular flexibility index (Phi) is 7.58. The first-order valence-electron chi connectivity index (χ1n) is 5.47. The van der Waals surface area contributed by atoms with E-state index in [9.17, 15) is 0 Å². The van der Waals surface area contributed by atoms with E-state index in [2.05, 4.69) is 19.3 Å². The fourth-order valence-electron chi connectivity index (χ4n) is 1.82. The van der Waals surface area contributed by atoms with E-state index in [1.54, 1.807) is 0 Å². The summed E-state index contributed by atoms with van der Waals surface area (Å²) in [6.45, 7) is 7.60. The van der Waals surface area contributed by atoms with Gasteiger partial charge in [-0.3, -0.25) is 0 Å². The van der Waals surface area contributed by atoms with Crippen LogP contribution in [0.5, 0.6) is 0 Å². The number of rotatable bonds is 2. The summed E-state index contributed by atoms with van der Waals surface area (Å²) in [5.41, 5.74) is 0.